The smallest absolute Gasteiger partial charge is 0.421 e. The third kappa shape index (κ3) is 3.51. The molecule has 0 N–H and O–H groups in total. The van der Waals surface area contributed by atoms with Crippen LogP contribution in [0.15, 0.2) is 84.9 Å². The Balaban J connectivity index is 1.77. The van der Waals surface area contributed by atoms with Crippen molar-refractivity contribution in [2.75, 3.05) is 9.96 Å². The maximum absolute atomic E-state index is 14.4. The molecule has 2 heterocycles. The second-order valence-electron chi connectivity index (χ2n) is 9.70. The Hall–Kier alpha value is -4.24. The third-order valence-electron chi connectivity index (χ3n) is 6.26. The average Bonchev–Trinajstić information content (AvgIpc) is 3.33. The molecule has 3 atom stereocenters. The number of para-hydroxylation sites is 2. The van der Waals surface area contributed by atoms with Gasteiger partial charge >= 0.3 is 6.09 Å². The number of benzene rings is 3. The predicted molar refractivity (Wildman–Crippen MR) is 132 cm³/mol. The maximum Gasteiger partial charge on any atom is 0.421 e. The number of hydroxylamine groups is 1. The Kier molecular flexibility index (Phi) is 5.52. The van der Waals surface area contributed by atoms with Gasteiger partial charge in [0.15, 0.2) is 6.10 Å². The van der Waals surface area contributed by atoms with Crippen LogP contribution in [0.25, 0.3) is 0 Å². The van der Waals surface area contributed by atoms with Crippen LogP contribution in [0, 0.1) is 10.1 Å². The van der Waals surface area contributed by atoms with Crippen LogP contribution in [0.3, 0.4) is 0 Å². The normalized spacial score (nSPS) is 23.1. The summed E-state index contributed by atoms with van der Waals surface area (Å²) >= 11 is 0. The minimum absolute atomic E-state index is 0.224. The zero-order valence-corrected chi connectivity index (χ0v) is 20.0. The number of ether oxygens (including phenoxy) is 1. The quantitative estimate of drug-likeness (QED) is 0.378. The first-order valence-corrected chi connectivity index (χ1v) is 11.5. The van der Waals surface area contributed by atoms with E-state index in [0.717, 1.165) is 4.90 Å². The van der Waals surface area contributed by atoms with Crippen LogP contribution in [0.4, 0.5) is 16.2 Å². The zero-order valence-electron chi connectivity index (χ0n) is 20.0. The predicted octanol–water partition coefficient (Wildman–Crippen LogP) is 5.00. The first kappa shape index (κ1) is 23.5. The third-order valence-corrected chi connectivity index (χ3v) is 6.26. The molecule has 0 aromatic heterocycles. The first-order chi connectivity index (χ1) is 17.2. The second-order valence-corrected chi connectivity index (χ2v) is 9.70. The van der Waals surface area contributed by atoms with E-state index in [1.165, 1.54) is 5.06 Å². The van der Waals surface area contributed by atoms with Gasteiger partial charge in [-0.1, -0.05) is 66.7 Å². The average molecular weight is 488 g/mol. The van der Waals surface area contributed by atoms with Gasteiger partial charge in [0.2, 0.25) is 5.54 Å². The highest BCUT2D eigenvalue weighted by Crippen LogP contribution is 2.56. The SMILES string of the molecule is CC(C)(C)OC(=O)N1C(=O)[C@]2(c3ccccc31)[C@@H]([N+](=O)[O-])[C@H](c1ccccc1)ON2c1ccccc1. The molecular formula is C27H25N3O6. The number of fused-ring (bicyclic) bond motifs is 2. The summed E-state index contributed by atoms with van der Waals surface area (Å²) in [6, 6.07) is 22.5. The van der Waals surface area contributed by atoms with E-state index in [2.05, 4.69) is 0 Å². The molecule has 5 rings (SSSR count). The van der Waals surface area contributed by atoms with Gasteiger partial charge in [0.1, 0.15) is 5.60 Å². The van der Waals surface area contributed by atoms with Crippen molar-refractivity contribution in [1.82, 2.24) is 0 Å². The number of hydrogen-bond acceptors (Lipinski definition) is 7. The number of carbonyl (C=O) groups excluding carboxylic acids is 2. The second kappa shape index (κ2) is 8.46. The summed E-state index contributed by atoms with van der Waals surface area (Å²) in [5, 5.41) is 14.1. The molecule has 1 saturated heterocycles. The molecule has 0 bridgehead atoms. The fourth-order valence-corrected chi connectivity index (χ4v) is 4.93. The lowest BCUT2D eigenvalue weighted by atomic mass is 9.80. The number of nitro groups is 1. The number of anilines is 2. The number of amides is 2. The van der Waals surface area contributed by atoms with Gasteiger partial charge in [-0.05, 0) is 44.5 Å². The number of nitrogens with zero attached hydrogens (tertiary/aromatic N) is 3. The molecule has 2 aliphatic rings. The van der Waals surface area contributed by atoms with E-state index < -0.39 is 40.2 Å². The van der Waals surface area contributed by atoms with E-state index in [0.29, 0.717) is 16.8 Å². The number of carbonyl (C=O) groups is 2. The molecule has 0 radical (unpaired) electrons. The molecule has 1 fully saturated rings. The Morgan fingerprint density at radius 1 is 0.972 bits per heavy atom. The van der Waals surface area contributed by atoms with E-state index >= 15 is 0 Å². The summed E-state index contributed by atoms with van der Waals surface area (Å²) in [5.41, 5.74) is -1.34. The van der Waals surface area contributed by atoms with Crippen molar-refractivity contribution in [3.05, 3.63) is 106 Å². The summed E-state index contributed by atoms with van der Waals surface area (Å²) in [4.78, 5) is 47.2. The van der Waals surface area contributed by atoms with Crippen LogP contribution in [-0.2, 0) is 19.9 Å². The molecule has 0 aliphatic carbocycles. The summed E-state index contributed by atoms with van der Waals surface area (Å²) in [6.07, 6.45) is -2.01. The van der Waals surface area contributed by atoms with Gasteiger partial charge in [0.05, 0.1) is 11.4 Å². The van der Waals surface area contributed by atoms with Crippen molar-refractivity contribution in [2.45, 2.75) is 44.1 Å². The Morgan fingerprint density at radius 2 is 1.56 bits per heavy atom. The molecule has 3 aromatic rings. The van der Waals surface area contributed by atoms with Crippen molar-refractivity contribution >= 4 is 23.4 Å². The molecule has 9 heteroatoms. The van der Waals surface area contributed by atoms with Gasteiger partial charge in [0, 0.05) is 10.5 Å². The van der Waals surface area contributed by atoms with Crippen molar-refractivity contribution in [3.63, 3.8) is 0 Å². The van der Waals surface area contributed by atoms with Crippen LogP contribution in [-0.4, -0.2) is 28.6 Å². The van der Waals surface area contributed by atoms with Crippen LogP contribution >= 0.6 is 0 Å². The molecule has 3 aromatic carbocycles. The van der Waals surface area contributed by atoms with Crippen LogP contribution in [0.1, 0.15) is 38.0 Å². The van der Waals surface area contributed by atoms with Gasteiger partial charge in [-0.2, -0.15) is 0 Å². The van der Waals surface area contributed by atoms with Crippen molar-refractivity contribution < 1.29 is 24.1 Å². The van der Waals surface area contributed by atoms with Gasteiger partial charge < -0.3 is 4.74 Å². The van der Waals surface area contributed by atoms with Crippen LogP contribution < -0.4 is 9.96 Å². The summed E-state index contributed by atoms with van der Waals surface area (Å²) in [5.74, 6) is -0.804. The molecule has 36 heavy (non-hydrogen) atoms. The summed E-state index contributed by atoms with van der Waals surface area (Å²) < 4.78 is 5.54. The van der Waals surface area contributed by atoms with Gasteiger partial charge in [-0.3, -0.25) is 19.7 Å². The molecule has 1 spiro atoms. The number of rotatable bonds is 3. The lowest BCUT2D eigenvalue weighted by molar-refractivity contribution is -0.535. The van der Waals surface area contributed by atoms with E-state index in [1.807, 2.05) is 0 Å². The molecule has 0 unspecified atom stereocenters. The Morgan fingerprint density at radius 3 is 2.17 bits per heavy atom. The van der Waals surface area contributed by atoms with E-state index in [4.69, 9.17) is 9.57 Å². The number of hydrogen-bond donors (Lipinski definition) is 0. The van der Waals surface area contributed by atoms with Crippen molar-refractivity contribution in [1.29, 1.82) is 0 Å². The summed E-state index contributed by atoms with van der Waals surface area (Å²) in [7, 11) is 0. The van der Waals surface area contributed by atoms with Gasteiger partial charge in [-0.25, -0.2) is 14.8 Å². The Labute approximate surface area is 207 Å². The molecular weight excluding hydrogens is 462 g/mol. The monoisotopic (exact) mass is 487 g/mol. The minimum Gasteiger partial charge on any atom is -0.443 e. The number of imide groups is 1. The lowest BCUT2D eigenvalue weighted by Gasteiger charge is -2.33. The van der Waals surface area contributed by atoms with E-state index in [9.17, 15) is 19.7 Å². The van der Waals surface area contributed by atoms with Gasteiger partial charge in [-0.15, -0.1) is 0 Å². The largest absolute Gasteiger partial charge is 0.443 e. The van der Waals surface area contributed by atoms with Gasteiger partial charge in [0.25, 0.3) is 11.9 Å². The fraction of sp³-hybridized carbons (Fsp3) is 0.259. The van der Waals surface area contributed by atoms with Crippen LogP contribution in [0.5, 0.6) is 0 Å². The maximum atomic E-state index is 14.4. The topological polar surface area (TPSA) is 102 Å². The molecule has 184 valence electrons. The van der Waals surface area contributed by atoms with E-state index in [1.54, 1.807) is 106 Å². The summed E-state index contributed by atoms with van der Waals surface area (Å²) in [6.45, 7) is 5.06. The van der Waals surface area contributed by atoms with Crippen LogP contribution in [0.2, 0.25) is 0 Å². The molecule has 2 amide bonds. The molecule has 2 aliphatic heterocycles. The van der Waals surface area contributed by atoms with Crippen molar-refractivity contribution in [2.24, 2.45) is 0 Å². The highest BCUT2D eigenvalue weighted by Gasteiger charge is 2.74. The highest BCUT2D eigenvalue weighted by atomic mass is 16.7. The first-order valence-electron chi connectivity index (χ1n) is 11.5. The lowest BCUT2D eigenvalue weighted by Crippen LogP contribution is -2.58. The Bertz CT molecular complexity index is 1320. The zero-order chi connectivity index (χ0) is 25.7. The fourth-order valence-electron chi connectivity index (χ4n) is 4.93. The van der Waals surface area contributed by atoms with E-state index in [-0.39, 0.29) is 5.69 Å². The standard InChI is InChI=1S/C27H25N3O6/c1-26(2,3)35-25(32)28-21-17-11-10-16-20(21)27(24(28)31)23(30(33)34)22(18-12-6-4-7-13-18)36-29(27)19-14-8-5-9-15-19/h4-17,22-23H,1-3H3/t22-,23-,27-/m0/s1. The molecule has 0 saturated carbocycles. The van der Waals surface area contributed by atoms with Crippen molar-refractivity contribution in [3.8, 4) is 0 Å². The molecule has 9 nitrogen and oxygen atoms in total. The minimum atomic E-state index is -1.96. The highest BCUT2D eigenvalue weighted by molar-refractivity contribution is 6.22.